The molecule has 2 saturated heterocycles. The van der Waals surface area contributed by atoms with Crippen molar-refractivity contribution in [2.75, 3.05) is 31.5 Å². The number of hydrogen-bond acceptors (Lipinski definition) is 3. The summed E-state index contributed by atoms with van der Waals surface area (Å²) in [4.78, 5) is 29.4. The molecule has 2 aliphatic rings. The molecule has 31 heavy (non-hydrogen) atoms. The molecule has 3 amide bonds. The van der Waals surface area contributed by atoms with Crippen LogP contribution >= 0.6 is 0 Å². The monoisotopic (exact) mass is 421 g/mol. The number of amides is 3. The second kappa shape index (κ2) is 9.86. The number of likely N-dealkylation sites (tertiary alicyclic amines) is 2. The van der Waals surface area contributed by atoms with E-state index in [9.17, 15) is 9.59 Å². The molecule has 2 fully saturated rings. The van der Waals surface area contributed by atoms with Crippen LogP contribution in [-0.4, -0.2) is 54.2 Å². The first-order valence-electron chi connectivity index (χ1n) is 11.3. The summed E-state index contributed by atoms with van der Waals surface area (Å²) >= 11 is 0. The van der Waals surface area contributed by atoms with Gasteiger partial charge in [0.25, 0.3) is 0 Å². The highest BCUT2D eigenvalue weighted by Gasteiger charge is 2.35. The van der Waals surface area contributed by atoms with E-state index in [2.05, 4.69) is 36.5 Å². The fourth-order valence-electron chi connectivity index (χ4n) is 4.49. The average molecular weight is 422 g/mol. The first-order valence-corrected chi connectivity index (χ1v) is 11.3. The summed E-state index contributed by atoms with van der Waals surface area (Å²) in [5.41, 5.74) is 3.17. The summed E-state index contributed by atoms with van der Waals surface area (Å²) in [5, 5.41) is 2.78. The predicted molar refractivity (Wildman–Crippen MR) is 121 cm³/mol. The Kier molecular flexibility index (Phi) is 6.75. The van der Waals surface area contributed by atoms with Crippen LogP contribution in [0.1, 0.15) is 43.2 Å². The Labute approximate surface area is 184 Å². The van der Waals surface area contributed by atoms with Gasteiger partial charge < -0.3 is 14.5 Å². The molecule has 2 atom stereocenters. The normalized spacial score (nSPS) is 21.1. The van der Waals surface area contributed by atoms with E-state index in [1.54, 1.807) is 0 Å². The first kappa shape index (κ1) is 21.2. The molecular weight excluding hydrogens is 390 g/mol. The van der Waals surface area contributed by atoms with Gasteiger partial charge in [0.2, 0.25) is 0 Å². The highest BCUT2D eigenvalue weighted by atomic mass is 16.6. The molecule has 6 nitrogen and oxygen atoms in total. The molecule has 4 rings (SSSR count). The molecule has 0 radical (unpaired) electrons. The standard InChI is InChI=1S/C25H31N3O3/c1-2-19-10-12-20(13-11-19)21-16-23(31-24(29)26-22-8-4-3-5-9-22)18-28(17-21)25(30)27-14-6-7-15-27/h3-5,8-13,21,23H,2,6-7,14-18H2,1H3,(H,26,29). The Hall–Kier alpha value is -3.02. The van der Waals surface area contributed by atoms with Crippen LogP contribution in [0.3, 0.4) is 0 Å². The number of aryl methyl sites for hydroxylation is 1. The summed E-state index contributed by atoms with van der Waals surface area (Å²) in [6, 6.07) is 17.9. The molecule has 0 aliphatic carbocycles. The number of nitrogens with one attached hydrogen (secondary N) is 1. The minimum Gasteiger partial charge on any atom is -0.444 e. The number of para-hydroxylation sites is 1. The number of carbonyl (C=O) groups is 2. The van der Waals surface area contributed by atoms with Crippen molar-refractivity contribution in [3.8, 4) is 0 Å². The van der Waals surface area contributed by atoms with Crippen molar-refractivity contribution < 1.29 is 14.3 Å². The van der Waals surface area contributed by atoms with Gasteiger partial charge in [0, 0.05) is 31.2 Å². The summed E-state index contributed by atoms with van der Waals surface area (Å²) in [6.45, 7) is 4.85. The third-order valence-corrected chi connectivity index (χ3v) is 6.21. The molecule has 0 bridgehead atoms. The van der Waals surface area contributed by atoms with Gasteiger partial charge in [0.05, 0.1) is 6.54 Å². The van der Waals surface area contributed by atoms with E-state index in [0.717, 1.165) is 32.4 Å². The second-order valence-electron chi connectivity index (χ2n) is 8.43. The Bertz CT molecular complexity index is 879. The average Bonchev–Trinajstić information content (AvgIpc) is 3.34. The molecular formula is C25H31N3O3. The predicted octanol–water partition coefficient (Wildman–Crippen LogP) is 4.87. The smallest absolute Gasteiger partial charge is 0.411 e. The highest BCUT2D eigenvalue weighted by Crippen LogP contribution is 2.30. The molecule has 2 aromatic rings. The van der Waals surface area contributed by atoms with Crippen molar-refractivity contribution in [1.82, 2.24) is 9.80 Å². The van der Waals surface area contributed by atoms with Crippen molar-refractivity contribution in [2.24, 2.45) is 0 Å². The molecule has 6 heteroatoms. The van der Waals surface area contributed by atoms with Crippen molar-refractivity contribution in [1.29, 1.82) is 0 Å². The van der Waals surface area contributed by atoms with E-state index in [1.165, 1.54) is 11.1 Å². The van der Waals surface area contributed by atoms with Gasteiger partial charge in [-0.25, -0.2) is 9.59 Å². The Morgan fingerprint density at radius 1 is 0.968 bits per heavy atom. The third-order valence-electron chi connectivity index (χ3n) is 6.21. The van der Waals surface area contributed by atoms with Gasteiger partial charge in [-0.2, -0.15) is 0 Å². The number of benzene rings is 2. The number of anilines is 1. The molecule has 2 heterocycles. The zero-order valence-electron chi connectivity index (χ0n) is 18.1. The van der Waals surface area contributed by atoms with Gasteiger partial charge in [-0.3, -0.25) is 5.32 Å². The van der Waals surface area contributed by atoms with E-state index in [4.69, 9.17) is 4.74 Å². The maximum absolute atomic E-state index is 13.1. The lowest BCUT2D eigenvalue weighted by Gasteiger charge is -2.39. The number of piperidine rings is 1. The maximum Gasteiger partial charge on any atom is 0.411 e. The number of nitrogens with zero attached hydrogens (tertiary/aromatic N) is 2. The van der Waals surface area contributed by atoms with Gasteiger partial charge >= 0.3 is 12.1 Å². The molecule has 1 N–H and O–H groups in total. The third kappa shape index (κ3) is 5.37. The van der Waals surface area contributed by atoms with Gasteiger partial charge in [0.1, 0.15) is 6.10 Å². The van der Waals surface area contributed by atoms with Crippen LogP contribution in [0.25, 0.3) is 0 Å². The molecule has 0 saturated carbocycles. The van der Waals surface area contributed by atoms with E-state index in [-0.39, 0.29) is 18.1 Å². The number of hydrogen-bond donors (Lipinski definition) is 1. The van der Waals surface area contributed by atoms with Crippen LogP contribution in [0.5, 0.6) is 0 Å². The Morgan fingerprint density at radius 2 is 1.68 bits per heavy atom. The Balaban J connectivity index is 1.47. The van der Waals surface area contributed by atoms with E-state index in [1.807, 2.05) is 40.1 Å². The number of urea groups is 1. The lowest BCUT2D eigenvalue weighted by molar-refractivity contribution is 0.0464. The maximum atomic E-state index is 13.1. The lowest BCUT2D eigenvalue weighted by Crippen LogP contribution is -2.51. The zero-order valence-corrected chi connectivity index (χ0v) is 18.1. The van der Waals surface area contributed by atoms with Crippen LogP contribution in [0.4, 0.5) is 15.3 Å². The van der Waals surface area contributed by atoms with Crippen LogP contribution in [-0.2, 0) is 11.2 Å². The minimum absolute atomic E-state index is 0.0597. The van der Waals surface area contributed by atoms with Crippen LogP contribution in [0, 0.1) is 0 Å². The molecule has 0 spiro atoms. The molecule has 0 aromatic heterocycles. The van der Waals surface area contributed by atoms with Gasteiger partial charge in [-0.15, -0.1) is 0 Å². The second-order valence-corrected chi connectivity index (χ2v) is 8.43. The van der Waals surface area contributed by atoms with Crippen molar-refractivity contribution in [2.45, 2.75) is 44.6 Å². The Morgan fingerprint density at radius 3 is 2.35 bits per heavy atom. The fraction of sp³-hybridized carbons (Fsp3) is 0.440. The van der Waals surface area contributed by atoms with Crippen LogP contribution in [0.15, 0.2) is 54.6 Å². The van der Waals surface area contributed by atoms with E-state index < -0.39 is 6.09 Å². The molecule has 2 unspecified atom stereocenters. The van der Waals surface area contributed by atoms with E-state index >= 15 is 0 Å². The quantitative estimate of drug-likeness (QED) is 0.766. The topological polar surface area (TPSA) is 61.9 Å². The van der Waals surface area contributed by atoms with Gasteiger partial charge in [-0.05, 0) is 48.9 Å². The van der Waals surface area contributed by atoms with Crippen molar-refractivity contribution >= 4 is 17.8 Å². The van der Waals surface area contributed by atoms with Gasteiger partial charge in [0.15, 0.2) is 0 Å². The number of rotatable bonds is 4. The van der Waals surface area contributed by atoms with Crippen molar-refractivity contribution in [3.05, 3.63) is 65.7 Å². The first-order chi connectivity index (χ1) is 15.1. The lowest BCUT2D eigenvalue weighted by atomic mass is 9.88. The summed E-state index contributed by atoms with van der Waals surface area (Å²) in [7, 11) is 0. The fourth-order valence-corrected chi connectivity index (χ4v) is 4.49. The largest absolute Gasteiger partial charge is 0.444 e. The molecule has 164 valence electrons. The number of ether oxygens (including phenoxy) is 1. The zero-order chi connectivity index (χ0) is 21.6. The van der Waals surface area contributed by atoms with Crippen molar-refractivity contribution in [3.63, 3.8) is 0 Å². The van der Waals surface area contributed by atoms with Crippen LogP contribution in [0.2, 0.25) is 0 Å². The van der Waals surface area contributed by atoms with Gasteiger partial charge in [-0.1, -0.05) is 49.4 Å². The number of carbonyl (C=O) groups excluding carboxylic acids is 2. The minimum atomic E-state index is -0.480. The summed E-state index contributed by atoms with van der Waals surface area (Å²) < 4.78 is 5.77. The summed E-state index contributed by atoms with van der Waals surface area (Å²) in [6.07, 6.45) is 2.99. The van der Waals surface area contributed by atoms with E-state index in [0.29, 0.717) is 25.2 Å². The SMILES string of the molecule is CCc1ccc(C2CC(OC(=O)Nc3ccccc3)CN(C(=O)N3CCCC3)C2)cc1. The van der Waals surface area contributed by atoms with Crippen LogP contribution < -0.4 is 5.32 Å². The molecule has 2 aromatic carbocycles. The molecule has 2 aliphatic heterocycles. The highest BCUT2D eigenvalue weighted by molar-refractivity contribution is 5.84. The summed E-state index contributed by atoms with van der Waals surface area (Å²) in [5.74, 6) is 0.140.